The lowest BCUT2D eigenvalue weighted by molar-refractivity contribution is -0.133. The average Bonchev–Trinajstić information content (AvgIpc) is 2.32. The Morgan fingerprint density at radius 2 is 2.16 bits per heavy atom. The molecule has 1 fully saturated rings. The first-order chi connectivity index (χ1) is 8.84. The van der Waals surface area contributed by atoms with Crippen LogP contribution in [0.3, 0.4) is 0 Å². The molecular weight excluding hydrogens is 310 g/mol. The number of nitrogens with two attached hydrogens (primary N) is 1. The largest absolute Gasteiger partial charge is 0.398 e. The Bertz CT molecular complexity index is 543. The summed E-state index contributed by atoms with van der Waals surface area (Å²) in [6.45, 7) is 4.40. The number of piperazine rings is 1. The molecule has 0 saturated carbocycles. The van der Waals surface area contributed by atoms with Gasteiger partial charge in [0.25, 0.3) is 5.91 Å². The molecule has 3 N–H and O–H groups in total. The van der Waals surface area contributed by atoms with E-state index in [1.807, 2.05) is 0 Å². The topological polar surface area (TPSA) is 75.4 Å². The van der Waals surface area contributed by atoms with E-state index in [2.05, 4.69) is 21.2 Å². The summed E-state index contributed by atoms with van der Waals surface area (Å²) in [6, 6.07) is 5.12. The SMILES string of the molecule is CC1(C)C(=O)NCCN1C(=O)c1ccc(Br)cc1N. The molecule has 2 rings (SSSR count). The molecule has 1 heterocycles. The molecule has 0 bridgehead atoms. The molecule has 0 unspecified atom stereocenters. The number of nitrogen functional groups attached to an aromatic ring is 1. The van der Waals surface area contributed by atoms with Gasteiger partial charge < -0.3 is 16.0 Å². The van der Waals surface area contributed by atoms with E-state index in [0.29, 0.717) is 24.3 Å². The molecule has 1 aromatic carbocycles. The molecule has 1 aliphatic rings. The first-order valence-electron chi connectivity index (χ1n) is 5.99. The fourth-order valence-corrected chi connectivity index (χ4v) is 2.51. The second kappa shape index (κ2) is 4.85. The minimum Gasteiger partial charge on any atom is -0.398 e. The Hall–Kier alpha value is -1.56. The van der Waals surface area contributed by atoms with Gasteiger partial charge in [-0.2, -0.15) is 0 Å². The van der Waals surface area contributed by atoms with Crippen LogP contribution >= 0.6 is 15.9 Å². The molecule has 102 valence electrons. The predicted octanol–water partition coefficient (Wildman–Crippen LogP) is 1.38. The summed E-state index contributed by atoms with van der Waals surface area (Å²) in [5, 5.41) is 2.76. The predicted molar refractivity (Wildman–Crippen MR) is 76.7 cm³/mol. The van der Waals surface area contributed by atoms with E-state index in [4.69, 9.17) is 5.73 Å². The summed E-state index contributed by atoms with van der Waals surface area (Å²) in [4.78, 5) is 26.0. The van der Waals surface area contributed by atoms with Gasteiger partial charge in [0.15, 0.2) is 0 Å². The van der Waals surface area contributed by atoms with Crippen molar-refractivity contribution < 1.29 is 9.59 Å². The second-order valence-corrected chi connectivity index (χ2v) is 5.92. The summed E-state index contributed by atoms with van der Waals surface area (Å²) in [5.41, 5.74) is 5.83. The summed E-state index contributed by atoms with van der Waals surface area (Å²) < 4.78 is 0.817. The standard InChI is InChI=1S/C13H16BrN3O2/c1-13(2)12(19)16-5-6-17(13)11(18)9-4-3-8(14)7-10(9)15/h3-4,7H,5-6,15H2,1-2H3,(H,16,19). The maximum absolute atomic E-state index is 12.5. The highest BCUT2D eigenvalue weighted by Crippen LogP contribution is 2.25. The van der Waals surface area contributed by atoms with E-state index in [1.54, 1.807) is 36.9 Å². The van der Waals surface area contributed by atoms with Crippen molar-refractivity contribution in [2.75, 3.05) is 18.8 Å². The normalized spacial score (nSPS) is 18.1. The zero-order valence-corrected chi connectivity index (χ0v) is 12.5. The average molecular weight is 326 g/mol. The Kier molecular flexibility index (Phi) is 3.54. The first-order valence-corrected chi connectivity index (χ1v) is 6.78. The lowest BCUT2D eigenvalue weighted by Gasteiger charge is -2.41. The highest BCUT2D eigenvalue weighted by Gasteiger charge is 2.41. The number of hydrogen-bond donors (Lipinski definition) is 2. The number of nitrogens with one attached hydrogen (secondary N) is 1. The Labute approximate surface area is 120 Å². The summed E-state index contributed by atoms with van der Waals surface area (Å²) >= 11 is 3.30. The van der Waals surface area contributed by atoms with Crippen LogP contribution in [0.4, 0.5) is 5.69 Å². The first kappa shape index (κ1) is 13.9. The smallest absolute Gasteiger partial charge is 0.256 e. The maximum Gasteiger partial charge on any atom is 0.256 e. The van der Waals surface area contributed by atoms with Crippen LogP contribution in [0, 0.1) is 0 Å². The highest BCUT2D eigenvalue weighted by atomic mass is 79.9. The van der Waals surface area contributed by atoms with Crippen molar-refractivity contribution >= 4 is 33.4 Å². The van der Waals surface area contributed by atoms with Crippen molar-refractivity contribution in [3.8, 4) is 0 Å². The van der Waals surface area contributed by atoms with E-state index in [-0.39, 0.29) is 11.8 Å². The molecule has 5 nitrogen and oxygen atoms in total. The van der Waals surface area contributed by atoms with Crippen LogP contribution in [0.5, 0.6) is 0 Å². The molecule has 6 heteroatoms. The molecule has 0 atom stereocenters. The Balaban J connectivity index is 2.35. The molecule has 0 aliphatic carbocycles. The molecule has 1 aromatic rings. The Morgan fingerprint density at radius 1 is 1.47 bits per heavy atom. The minimum absolute atomic E-state index is 0.150. The van der Waals surface area contributed by atoms with Crippen LogP contribution in [0.1, 0.15) is 24.2 Å². The summed E-state index contributed by atoms with van der Waals surface area (Å²) in [7, 11) is 0. The fourth-order valence-electron chi connectivity index (χ4n) is 2.13. The van der Waals surface area contributed by atoms with Gasteiger partial charge in [-0.3, -0.25) is 9.59 Å². The van der Waals surface area contributed by atoms with Gasteiger partial charge in [-0.05, 0) is 32.0 Å². The quantitative estimate of drug-likeness (QED) is 0.766. The van der Waals surface area contributed by atoms with Crippen LogP contribution in [-0.2, 0) is 4.79 Å². The van der Waals surface area contributed by atoms with Crippen molar-refractivity contribution in [2.45, 2.75) is 19.4 Å². The summed E-state index contributed by atoms with van der Waals surface area (Å²) in [6.07, 6.45) is 0. The van der Waals surface area contributed by atoms with E-state index in [1.165, 1.54) is 0 Å². The van der Waals surface area contributed by atoms with Gasteiger partial charge in [0.1, 0.15) is 5.54 Å². The van der Waals surface area contributed by atoms with Crippen LogP contribution < -0.4 is 11.1 Å². The molecule has 1 saturated heterocycles. The molecule has 1 aliphatic heterocycles. The van der Waals surface area contributed by atoms with Crippen LogP contribution in [-0.4, -0.2) is 35.3 Å². The van der Waals surface area contributed by atoms with Crippen molar-refractivity contribution in [3.63, 3.8) is 0 Å². The van der Waals surface area contributed by atoms with Gasteiger partial charge in [0.05, 0.1) is 5.56 Å². The van der Waals surface area contributed by atoms with E-state index < -0.39 is 5.54 Å². The van der Waals surface area contributed by atoms with Gasteiger partial charge >= 0.3 is 0 Å². The van der Waals surface area contributed by atoms with E-state index >= 15 is 0 Å². The van der Waals surface area contributed by atoms with E-state index in [0.717, 1.165) is 4.47 Å². The maximum atomic E-state index is 12.5. The third-order valence-electron chi connectivity index (χ3n) is 3.34. The summed E-state index contributed by atoms with van der Waals surface area (Å²) in [5.74, 6) is -0.368. The number of benzene rings is 1. The van der Waals surface area contributed by atoms with E-state index in [9.17, 15) is 9.59 Å². The molecule has 2 amide bonds. The van der Waals surface area contributed by atoms with Crippen molar-refractivity contribution in [2.24, 2.45) is 0 Å². The number of halogens is 1. The molecule has 0 radical (unpaired) electrons. The molecular formula is C13H16BrN3O2. The lowest BCUT2D eigenvalue weighted by Crippen LogP contribution is -2.63. The number of anilines is 1. The van der Waals surface area contributed by atoms with Crippen molar-refractivity contribution in [1.82, 2.24) is 10.2 Å². The number of amides is 2. The third-order valence-corrected chi connectivity index (χ3v) is 3.83. The van der Waals surface area contributed by atoms with Crippen molar-refractivity contribution in [1.29, 1.82) is 0 Å². The van der Waals surface area contributed by atoms with Gasteiger partial charge in [0.2, 0.25) is 5.91 Å². The molecule has 0 spiro atoms. The van der Waals surface area contributed by atoms with Gasteiger partial charge in [-0.15, -0.1) is 0 Å². The number of rotatable bonds is 1. The van der Waals surface area contributed by atoms with Gasteiger partial charge in [0, 0.05) is 23.2 Å². The van der Waals surface area contributed by atoms with Crippen LogP contribution in [0.25, 0.3) is 0 Å². The van der Waals surface area contributed by atoms with Gasteiger partial charge in [-0.1, -0.05) is 15.9 Å². The number of carbonyl (C=O) groups excluding carboxylic acids is 2. The lowest BCUT2D eigenvalue weighted by atomic mass is 9.97. The zero-order valence-electron chi connectivity index (χ0n) is 10.9. The zero-order chi connectivity index (χ0) is 14.2. The second-order valence-electron chi connectivity index (χ2n) is 5.00. The molecule has 19 heavy (non-hydrogen) atoms. The molecule has 0 aromatic heterocycles. The van der Waals surface area contributed by atoms with Crippen molar-refractivity contribution in [3.05, 3.63) is 28.2 Å². The van der Waals surface area contributed by atoms with Gasteiger partial charge in [-0.25, -0.2) is 0 Å². The highest BCUT2D eigenvalue weighted by molar-refractivity contribution is 9.10. The third kappa shape index (κ3) is 2.45. The number of carbonyl (C=O) groups is 2. The monoisotopic (exact) mass is 325 g/mol. The fraction of sp³-hybridized carbons (Fsp3) is 0.385. The minimum atomic E-state index is -0.866. The van der Waals surface area contributed by atoms with Crippen LogP contribution in [0.15, 0.2) is 22.7 Å². The van der Waals surface area contributed by atoms with Crippen LogP contribution in [0.2, 0.25) is 0 Å². The number of nitrogens with zero attached hydrogens (tertiary/aromatic N) is 1. The Morgan fingerprint density at radius 3 is 2.79 bits per heavy atom. The number of hydrogen-bond acceptors (Lipinski definition) is 3.